The van der Waals surface area contributed by atoms with Crippen LogP contribution in [0.3, 0.4) is 0 Å². The molecule has 0 fully saturated rings. The van der Waals surface area contributed by atoms with Crippen LogP contribution >= 0.6 is 11.3 Å². The first-order valence-electron chi connectivity index (χ1n) is 12.3. The SMILES string of the molecule is CCCC1=C(C(=O)OCC)[C@H](c2ccccc2F)C2=C(C[C@H](c3cccs3)[C@@H](C(=O)OCC)C2=O)N1. The van der Waals surface area contributed by atoms with Gasteiger partial charge in [-0.05, 0) is 44.2 Å². The fourth-order valence-corrected chi connectivity index (χ4v) is 6.00. The van der Waals surface area contributed by atoms with Gasteiger partial charge < -0.3 is 14.8 Å². The van der Waals surface area contributed by atoms with Gasteiger partial charge in [-0.1, -0.05) is 37.6 Å². The quantitative estimate of drug-likeness (QED) is 0.379. The molecule has 0 saturated heterocycles. The number of carbonyl (C=O) groups excluding carboxylic acids is 3. The maximum atomic E-state index is 15.3. The Labute approximate surface area is 214 Å². The Kier molecular flexibility index (Phi) is 8.04. The van der Waals surface area contributed by atoms with E-state index in [1.165, 1.54) is 17.4 Å². The largest absolute Gasteiger partial charge is 0.465 e. The highest BCUT2D eigenvalue weighted by atomic mass is 32.1. The fraction of sp³-hybridized carbons (Fsp3) is 0.393. The monoisotopic (exact) mass is 511 g/mol. The molecule has 3 atom stereocenters. The molecule has 0 amide bonds. The van der Waals surface area contributed by atoms with E-state index in [1.807, 2.05) is 24.4 Å². The number of rotatable bonds is 8. The van der Waals surface area contributed by atoms with Gasteiger partial charge in [0.05, 0.1) is 24.7 Å². The zero-order valence-electron chi connectivity index (χ0n) is 20.6. The van der Waals surface area contributed by atoms with Gasteiger partial charge in [-0.2, -0.15) is 0 Å². The second-order valence-corrected chi connectivity index (χ2v) is 9.73. The number of benzene rings is 1. The van der Waals surface area contributed by atoms with E-state index in [4.69, 9.17) is 9.47 Å². The van der Waals surface area contributed by atoms with Gasteiger partial charge in [-0.3, -0.25) is 9.59 Å². The van der Waals surface area contributed by atoms with E-state index in [2.05, 4.69) is 5.32 Å². The number of hydrogen-bond acceptors (Lipinski definition) is 7. The third-order valence-electron chi connectivity index (χ3n) is 6.56. The van der Waals surface area contributed by atoms with Crippen molar-refractivity contribution in [2.75, 3.05) is 13.2 Å². The van der Waals surface area contributed by atoms with Crippen LogP contribution in [0.4, 0.5) is 4.39 Å². The van der Waals surface area contributed by atoms with Crippen molar-refractivity contribution in [3.63, 3.8) is 0 Å². The number of esters is 2. The zero-order chi connectivity index (χ0) is 25.8. The topological polar surface area (TPSA) is 81.7 Å². The number of dihydropyridines is 1. The lowest BCUT2D eigenvalue weighted by Gasteiger charge is -2.39. The van der Waals surface area contributed by atoms with Gasteiger partial charge in [0.1, 0.15) is 11.7 Å². The predicted octanol–water partition coefficient (Wildman–Crippen LogP) is 5.38. The van der Waals surface area contributed by atoms with Crippen LogP contribution in [0.2, 0.25) is 0 Å². The Bertz CT molecular complexity index is 1220. The average molecular weight is 512 g/mol. The van der Waals surface area contributed by atoms with Gasteiger partial charge in [-0.15, -0.1) is 11.3 Å². The first-order valence-corrected chi connectivity index (χ1v) is 13.2. The summed E-state index contributed by atoms with van der Waals surface area (Å²) in [6.45, 7) is 5.65. The van der Waals surface area contributed by atoms with E-state index in [-0.39, 0.29) is 29.9 Å². The number of allylic oxidation sites excluding steroid dienone is 3. The Balaban J connectivity index is 1.94. The van der Waals surface area contributed by atoms with E-state index in [1.54, 1.807) is 32.0 Å². The molecule has 4 rings (SSSR count). The summed E-state index contributed by atoms with van der Waals surface area (Å²) in [6, 6.07) is 9.92. The number of ether oxygens (including phenoxy) is 2. The Morgan fingerprint density at radius 1 is 1.08 bits per heavy atom. The van der Waals surface area contributed by atoms with Crippen molar-refractivity contribution in [3.8, 4) is 0 Å². The molecular formula is C28H30FNO5S. The van der Waals surface area contributed by atoms with Crippen molar-refractivity contribution >= 4 is 29.1 Å². The van der Waals surface area contributed by atoms with Crippen molar-refractivity contribution in [1.82, 2.24) is 5.32 Å². The van der Waals surface area contributed by atoms with E-state index in [9.17, 15) is 14.4 Å². The smallest absolute Gasteiger partial charge is 0.336 e. The van der Waals surface area contributed by atoms with Crippen LogP contribution in [0.1, 0.15) is 62.3 Å². The summed E-state index contributed by atoms with van der Waals surface area (Å²) in [4.78, 5) is 41.5. The predicted molar refractivity (Wildman–Crippen MR) is 135 cm³/mol. The average Bonchev–Trinajstić information content (AvgIpc) is 3.39. The van der Waals surface area contributed by atoms with Crippen LogP contribution in [0, 0.1) is 11.7 Å². The molecule has 1 aliphatic carbocycles. The highest BCUT2D eigenvalue weighted by Crippen LogP contribution is 2.49. The number of thiophene rings is 1. The maximum absolute atomic E-state index is 15.3. The summed E-state index contributed by atoms with van der Waals surface area (Å²) in [5, 5.41) is 5.25. The molecule has 36 heavy (non-hydrogen) atoms. The van der Waals surface area contributed by atoms with Gasteiger partial charge >= 0.3 is 11.9 Å². The molecule has 2 aliphatic rings. The summed E-state index contributed by atoms with van der Waals surface area (Å²) in [6.07, 6.45) is 1.61. The van der Waals surface area contributed by atoms with Crippen LogP contribution < -0.4 is 5.32 Å². The number of halogens is 1. The molecule has 0 saturated carbocycles. The molecule has 1 aromatic carbocycles. The number of carbonyl (C=O) groups is 3. The van der Waals surface area contributed by atoms with E-state index in [0.29, 0.717) is 24.2 Å². The Morgan fingerprint density at radius 3 is 2.47 bits per heavy atom. The van der Waals surface area contributed by atoms with E-state index >= 15 is 4.39 Å². The van der Waals surface area contributed by atoms with E-state index < -0.39 is 41.3 Å². The second kappa shape index (κ2) is 11.2. The molecule has 1 aliphatic heterocycles. The molecule has 0 bridgehead atoms. The number of hydrogen-bond donors (Lipinski definition) is 1. The minimum Gasteiger partial charge on any atom is -0.465 e. The second-order valence-electron chi connectivity index (χ2n) is 8.75. The summed E-state index contributed by atoms with van der Waals surface area (Å²) >= 11 is 1.48. The van der Waals surface area contributed by atoms with E-state index in [0.717, 1.165) is 11.3 Å². The molecule has 6 nitrogen and oxygen atoms in total. The van der Waals surface area contributed by atoms with Crippen LogP contribution in [0.15, 0.2) is 64.3 Å². The van der Waals surface area contributed by atoms with Gasteiger partial charge in [-0.25, -0.2) is 9.18 Å². The molecule has 2 aromatic rings. The number of ketones is 1. The molecule has 190 valence electrons. The Morgan fingerprint density at radius 2 is 1.83 bits per heavy atom. The molecule has 1 N–H and O–H groups in total. The highest BCUT2D eigenvalue weighted by Gasteiger charge is 2.50. The standard InChI is InChI=1S/C28H30FNO5S/c1-4-10-19-25(28(33)35-6-3)22(16-11-7-8-12-18(16)29)24-20(30-19)15-17(21-13-9-14-36-21)23(26(24)31)27(32)34-5-2/h7-9,11-14,17,22-23,30H,4-6,10,15H2,1-3H3/t17-,22-,23-/m1/s1. The van der Waals surface area contributed by atoms with Gasteiger partial charge in [0.2, 0.25) is 0 Å². The molecule has 8 heteroatoms. The third kappa shape index (κ3) is 4.74. The normalized spacial score (nSPS) is 21.7. The number of nitrogens with one attached hydrogen (secondary N) is 1. The molecule has 2 heterocycles. The summed E-state index contributed by atoms with van der Waals surface area (Å²) in [5.41, 5.74) is 1.88. The van der Waals surface area contributed by atoms with Crippen molar-refractivity contribution in [2.24, 2.45) is 5.92 Å². The van der Waals surface area contributed by atoms with Crippen molar-refractivity contribution in [3.05, 3.63) is 80.6 Å². The van der Waals surface area contributed by atoms with Crippen LogP contribution in [-0.4, -0.2) is 30.9 Å². The first-order chi connectivity index (χ1) is 17.4. The first kappa shape index (κ1) is 25.8. The number of Topliss-reactive ketones (excluding diaryl/α,β-unsaturated/α-hetero) is 1. The third-order valence-corrected chi connectivity index (χ3v) is 7.57. The van der Waals surface area contributed by atoms with Crippen molar-refractivity contribution in [2.45, 2.75) is 51.9 Å². The summed E-state index contributed by atoms with van der Waals surface area (Å²) < 4.78 is 25.9. The van der Waals surface area contributed by atoms with Gasteiger partial charge in [0.25, 0.3) is 0 Å². The maximum Gasteiger partial charge on any atom is 0.336 e. The minimum absolute atomic E-state index is 0.134. The van der Waals surface area contributed by atoms with Crippen LogP contribution in [0.25, 0.3) is 0 Å². The lowest BCUT2D eigenvalue weighted by molar-refractivity contribution is -0.152. The molecular weight excluding hydrogens is 481 g/mol. The molecule has 0 unspecified atom stereocenters. The minimum atomic E-state index is -1.09. The molecule has 0 spiro atoms. The van der Waals surface area contributed by atoms with Crippen molar-refractivity contribution in [1.29, 1.82) is 0 Å². The zero-order valence-corrected chi connectivity index (χ0v) is 21.5. The lowest BCUT2D eigenvalue weighted by Crippen LogP contribution is -2.43. The van der Waals surface area contributed by atoms with Crippen LogP contribution in [-0.2, 0) is 23.9 Å². The molecule has 0 radical (unpaired) electrons. The van der Waals surface area contributed by atoms with Crippen LogP contribution in [0.5, 0.6) is 0 Å². The highest BCUT2D eigenvalue weighted by molar-refractivity contribution is 7.10. The summed E-state index contributed by atoms with van der Waals surface area (Å²) in [7, 11) is 0. The van der Waals surface area contributed by atoms with Gasteiger partial charge in [0.15, 0.2) is 5.78 Å². The molecule has 1 aromatic heterocycles. The Hall–Kier alpha value is -3.26. The lowest BCUT2D eigenvalue weighted by atomic mass is 9.68. The summed E-state index contributed by atoms with van der Waals surface area (Å²) in [5.74, 6) is -4.70. The van der Waals surface area contributed by atoms with Gasteiger partial charge in [0, 0.05) is 33.3 Å². The fourth-order valence-electron chi connectivity index (χ4n) is 5.14. The van der Waals surface area contributed by atoms with Crippen molar-refractivity contribution < 1.29 is 28.2 Å².